The van der Waals surface area contributed by atoms with Gasteiger partial charge in [0.2, 0.25) is 0 Å². The zero-order valence-electron chi connectivity index (χ0n) is 11.5. The quantitative estimate of drug-likeness (QED) is 0.860. The molecule has 20 heavy (non-hydrogen) atoms. The van der Waals surface area contributed by atoms with Gasteiger partial charge in [0.25, 0.3) is 0 Å². The van der Waals surface area contributed by atoms with E-state index in [0.717, 1.165) is 21.5 Å². The van der Waals surface area contributed by atoms with Gasteiger partial charge in [-0.3, -0.25) is 0 Å². The second-order valence-electron chi connectivity index (χ2n) is 4.69. The average Bonchev–Trinajstić information content (AvgIpc) is 2.76. The van der Waals surface area contributed by atoms with Gasteiger partial charge in [0.15, 0.2) is 0 Å². The molecule has 106 valence electrons. The lowest BCUT2D eigenvalue weighted by Gasteiger charge is -2.13. The average molecular weight is 292 g/mol. The van der Waals surface area contributed by atoms with Crippen LogP contribution in [0.3, 0.4) is 0 Å². The van der Waals surface area contributed by atoms with Crippen molar-refractivity contribution in [1.29, 1.82) is 0 Å². The lowest BCUT2D eigenvalue weighted by molar-refractivity contribution is 0.0526. The van der Waals surface area contributed by atoms with Crippen LogP contribution in [0.15, 0.2) is 0 Å². The first-order chi connectivity index (χ1) is 9.63. The van der Waals surface area contributed by atoms with Gasteiger partial charge in [-0.25, -0.2) is 9.78 Å². The van der Waals surface area contributed by atoms with Crippen LogP contribution in [-0.4, -0.2) is 24.2 Å². The van der Waals surface area contributed by atoms with Crippen LogP contribution in [0.5, 0.6) is 0 Å². The van der Waals surface area contributed by atoms with Crippen molar-refractivity contribution in [3.05, 3.63) is 21.7 Å². The normalized spacial score (nSPS) is 14.3. The molecule has 0 fully saturated rings. The van der Waals surface area contributed by atoms with Gasteiger partial charge in [-0.15, -0.1) is 11.3 Å². The van der Waals surface area contributed by atoms with E-state index in [-0.39, 0.29) is 0 Å². The van der Waals surface area contributed by atoms with Crippen molar-refractivity contribution in [1.82, 2.24) is 4.98 Å². The number of pyridine rings is 1. The molecule has 0 saturated heterocycles. The number of ether oxygens (including phenoxy) is 2. The zero-order valence-corrected chi connectivity index (χ0v) is 12.3. The molecule has 0 saturated carbocycles. The fourth-order valence-corrected chi connectivity index (χ4v) is 3.78. The summed E-state index contributed by atoms with van der Waals surface area (Å²) in [7, 11) is 0. The number of esters is 1. The SMILES string of the molecule is CCOC(=O)c1c(C)nc2sc3c(c2c1N)CCOC3. The molecule has 1 aliphatic rings. The highest BCUT2D eigenvalue weighted by molar-refractivity contribution is 7.19. The number of anilines is 1. The van der Waals surface area contributed by atoms with Crippen molar-refractivity contribution in [2.75, 3.05) is 18.9 Å². The molecule has 6 heteroatoms. The van der Waals surface area contributed by atoms with E-state index in [0.29, 0.717) is 36.8 Å². The minimum atomic E-state index is -0.399. The van der Waals surface area contributed by atoms with Crippen LogP contribution in [0.2, 0.25) is 0 Å². The summed E-state index contributed by atoms with van der Waals surface area (Å²) in [6, 6.07) is 0. The first-order valence-corrected chi connectivity index (χ1v) is 7.40. The maximum Gasteiger partial charge on any atom is 0.342 e. The molecule has 5 nitrogen and oxygen atoms in total. The standard InChI is InChI=1S/C14H16N2O3S/c1-3-19-14(17)10-7(2)16-13-11(12(10)15)8-4-5-18-6-9(8)20-13/h3-6H2,1-2H3,(H2,15,16). The molecule has 1 aliphatic heterocycles. The molecule has 3 heterocycles. The van der Waals surface area contributed by atoms with Gasteiger partial charge in [0.1, 0.15) is 10.4 Å². The Labute approximate surface area is 120 Å². The van der Waals surface area contributed by atoms with E-state index in [9.17, 15) is 4.79 Å². The molecule has 0 amide bonds. The smallest absolute Gasteiger partial charge is 0.342 e. The molecule has 2 N–H and O–H groups in total. The molecule has 2 aromatic rings. The number of nitrogens with zero attached hydrogens (tertiary/aromatic N) is 1. The van der Waals surface area contributed by atoms with E-state index in [1.807, 2.05) is 0 Å². The monoisotopic (exact) mass is 292 g/mol. The number of hydrogen-bond donors (Lipinski definition) is 1. The van der Waals surface area contributed by atoms with Gasteiger partial charge in [-0.1, -0.05) is 0 Å². The van der Waals surface area contributed by atoms with Crippen molar-refractivity contribution in [3.8, 4) is 0 Å². The van der Waals surface area contributed by atoms with Crippen molar-refractivity contribution >= 4 is 33.2 Å². The first kappa shape index (κ1) is 13.3. The third kappa shape index (κ3) is 1.96. The second-order valence-corrected chi connectivity index (χ2v) is 5.78. The molecule has 0 aromatic carbocycles. The van der Waals surface area contributed by atoms with Crippen molar-refractivity contribution in [2.24, 2.45) is 0 Å². The molecular weight excluding hydrogens is 276 g/mol. The summed E-state index contributed by atoms with van der Waals surface area (Å²) in [5, 5.41) is 0.905. The van der Waals surface area contributed by atoms with E-state index in [4.69, 9.17) is 15.2 Å². The number of carbonyl (C=O) groups is 1. The highest BCUT2D eigenvalue weighted by Crippen LogP contribution is 2.38. The third-order valence-corrected chi connectivity index (χ3v) is 4.55. The molecule has 0 atom stereocenters. The lowest BCUT2D eigenvalue weighted by atomic mass is 10.0. The van der Waals surface area contributed by atoms with E-state index in [1.54, 1.807) is 25.2 Å². The summed E-state index contributed by atoms with van der Waals surface area (Å²) in [6.07, 6.45) is 0.812. The molecule has 0 aliphatic carbocycles. The fourth-order valence-electron chi connectivity index (χ4n) is 2.56. The third-order valence-electron chi connectivity index (χ3n) is 3.45. The number of thiophene rings is 1. The number of carbonyl (C=O) groups excluding carboxylic acids is 1. The van der Waals surface area contributed by atoms with Crippen molar-refractivity contribution < 1.29 is 14.3 Å². The van der Waals surface area contributed by atoms with E-state index in [1.165, 1.54) is 5.56 Å². The maximum atomic E-state index is 12.1. The van der Waals surface area contributed by atoms with Crippen LogP contribution in [0.4, 0.5) is 5.69 Å². The second kappa shape index (κ2) is 5.03. The van der Waals surface area contributed by atoms with Crippen LogP contribution < -0.4 is 5.73 Å². The molecule has 0 unspecified atom stereocenters. The number of nitrogen functional groups attached to an aromatic ring is 1. The molecule has 3 rings (SSSR count). The minimum Gasteiger partial charge on any atom is -0.462 e. The zero-order chi connectivity index (χ0) is 14.3. The van der Waals surface area contributed by atoms with Gasteiger partial charge >= 0.3 is 5.97 Å². The molecular formula is C14H16N2O3S. The van der Waals surface area contributed by atoms with Crippen LogP contribution in [0.1, 0.15) is 33.4 Å². The van der Waals surface area contributed by atoms with E-state index < -0.39 is 5.97 Å². The van der Waals surface area contributed by atoms with Crippen LogP contribution in [0, 0.1) is 6.92 Å². The number of fused-ring (bicyclic) bond motifs is 3. The molecule has 0 radical (unpaired) electrons. The first-order valence-electron chi connectivity index (χ1n) is 6.58. The Morgan fingerprint density at radius 1 is 1.55 bits per heavy atom. The minimum absolute atomic E-state index is 0.325. The Hall–Kier alpha value is -1.66. The number of hydrogen-bond acceptors (Lipinski definition) is 6. The topological polar surface area (TPSA) is 74.4 Å². The number of aryl methyl sites for hydroxylation is 1. The van der Waals surface area contributed by atoms with Crippen molar-refractivity contribution in [3.63, 3.8) is 0 Å². The number of nitrogens with two attached hydrogens (primary N) is 1. The highest BCUT2D eigenvalue weighted by Gasteiger charge is 2.24. The summed E-state index contributed by atoms with van der Waals surface area (Å²) in [5.74, 6) is -0.399. The Bertz CT molecular complexity index is 694. The summed E-state index contributed by atoms with van der Waals surface area (Å²) < 4.78 is 10.5. The van der Waals surface area contributed by atoms with E-state index in [2.05, 4.69) is 4.98 Å². The van der Waals surface area contributed by atoms with Crippen LogP contribution in [-0.2, 0) is 22.5 Å². The molecule has 2 aromatic heterocycles. The highest BCUT2D eigenvalue weighted by atomic mass is 32.1. The summed E-state index contributed by atoms with van der Waals surface area (Å²) in [4.78, 5) is 18.6. The summed E-state index contributed by atoms with van der Waals surface area (Å²) >= 11 is 1.59. The van der Waals surface area contributed by atoms with E-state index >= 15 is 0 Å². The maximum absolute atomic E-state index is 12.1. The Kier molecular flexibility index (Phi) is 3.35. The Morgan fingerprint density at radius 3 is 3.10 bits per heavy atom. The number of aromatic nitrogens is 1. The number of rotatable bonds is 2. The van der Waals surface area contributed by atoms with Gasteiger partial charge in [-0.05, 0) is 25.8 Å². The predicted molar refractivity (Wildman–Crippen MR) is 78.1 cm³/mol. The Morgan fingerprint density at radius 2 is 2.35 bits per heavy atom. The van der Waals surface area contributed by atoms with Crippen LogP contribution >= 0.6 is 11.3 Å². The van der Waals surface area contributed by atoms with Crippen molar-refractivity contribution in [2.45, 2.75) is 26.9 Å². The summed E-state index contributed by atoms with van der Waals surface area (Å²) in [6.45, 7) is 5.17. The van der Waals surface area contributed by atoms with Gasteiger partial charge in [0, 0.05) is 10.3 Å². The molecule has 0 bridgehead atoms. The molecule has 0 spiro atoms. The largest absolute Gasteiger partial charge is 0.462 e. The van der Waals surface area contributed by atoms with Crippen LogP contribution in [0.25, 0.3) is 10.2 Å². The predicted octanol–water partition coefficient (Wildman–Crippen LogP) is 2.44. The fraction of sp³-hybridized carbons (Fsp3) is 0.429. The van der Waals surface area contributed by atoms with Gasteiger partial charge in [-0.2, -0.15) is 0 Å². The van der Waals surface area contributed by atoms with Gasteiger partial charge < -0.3 is 15.2 Å². The summed E-state index contributed by atoms with van der Waals surface area (Å²) in [5.41, 5.74) is 8.92. The Balaban J connectivity index is 2.25. The lowest BCUT2D eigenvalue weighted by Crippen LogP contribution is -2.12. The van der Waals surface area contributed by atoms with Gasteiger partial charge in [0.05, 0.1) is 31.2 Å².